The largest absolute Gasteiger partial charge is 0.381 e. The van der Waals surface area contributed by atoms with Crippen LogP contribution in [0.5, 0.6) is 0 Å². The summed E-state index contributed by atoms with van der Waals surface area (Å²) in [4.78, 5) is 21.4. The molecular weight excluding hydrogens is 302 g/mol. The normalized spacial score (nSPS) is 27.0. The molecule has 24 heavy (non-hydrogen) atoms. The van der Waals surface area contributed by atoms with Crippen molar-refractivity contribution in [2.24, 2.45) is 11.3 Å². The predicted octanol–water partition coefficient (Wildman–Crippen LogP) is 2.05. The average Bonchev–Trinajstić information content (AvgIpc) is 3.28. The monoisotopic (exact) mass is 329 g/mol. The van der Waals surface area contributed by atoms with Gasteiger partial charge >= 0.3 is 0 Å². The first kappa shape index (κ1) is 16.0. The van der Waals surface area contributed by atoms with Gasteiger partial charge in [0.05, 0.1) is 12.2 Å². The summed E-state index contributed by atoms with van der Waals surface area (Å²) in [7, 11) is 0. The van der Waals surface area contributed by atoms with Crippen molar-refractivity contribution < 1.29 is 9.53 Å². The summed E-state index contributed by atoms with van der Waals surface area (Å²) < 4.78 is 5.50. The Morgan fingerprint density at radius 2 is 2.12 bits per heavy atom. The molecule has 5 nitrogen and oxygen atoms in total. The topological polar surface area (TPSA) is 45.7 Å². The number of hydrogen-bond donors (Lipinski definition) is 0. The molecule has 1 spiro atoms. The van der Waals surface area contributed by atoms with Gasteiger partial charge in [-0.1, -0.05) is 0 Å². The number of nitrogens with zero attached hydrogens (tertiary/aromatic N) is 3. The molecule has 1 aromatic rings. The van der Waals surface area contributed by atoms with Crippen LogP contribution in [0.4, 0.5) is 0 Å². The number of likely N-dealkylation sites (tertiary alicyclic amines) is 2. The molecule has 0 aromatic carbocycles. The maximum Gasteiger partial charge on any atom is 0.255 e. The molecule has 0 N–H and O–H groups in total. The minimum absolute atomic E-state index is 0.144. The highest BCUT2D eigenvalue weighted by atomic mass is 16.5. The van der Waals surface area contributed by atoms with Gasteiger partial charge in [-0.15, -0.1) is 0 Å². The number of rotatable bonds is 3. The van der Waals surface area contributed by atoms with E-state index in [2.05, 4.69) is 9.88 Å². The van der Waals surface area contributed by atoms with Gasteiger partial charge in [0, 0.05) is 38.6 Å². The molecule has 1 amide bonds. The summed E-state index contributed by atoms with van der Waals surface area (Å²) in [6.07, 6.45) is 8.20. The summed E-state index contributed by atoms with van der Waals surface area (Å²) in [5.41, 5.74) is 1.06. The van der Waals surface area contributed by atoms with E-state index >= 15 is 0 Å². The van der Waals surface area contributed by atoms with Crippen LogP contribution in [0.25, 0.3) is 0 Å². The number of carbonyl (C=O) groups is 1. The highest BCUT2D eigenvalue weighted by Gasteiger charge is 2.42. The van der Waals surface area contributed by atoms with Crippen LogP contribution < -0.4 is 0 Å². The van der Waals surface area contributed by atoms with Gasteiger partial charge in [-0.2, -0.15) is 0 Å². The molecule has 1 aromatic heterocycles. The standard InChI is InChI=1S/C19H27N3O2/c23-18(17-2-1-7-20-12-17)22-10-6-19(15-22)4-8-21(9-5-19)13-16-3-11-24-14-16/h1-2,7,12,16H,3-6,8-11,13-15H2/t16-/m1/s1. The molecule has 0 unspecified atom stereocenters. The molecule has 0 saturated carbocycles. The zero-order valence-electron chi connectivity index (χ0n) is 14.3. The third-order valence-electron chi connectivity index (χ3n) is 6.09. The van der Waals surface area contributed by atoms with E-state index in [1.807, 2.05) is 17.0 Å². The SMILES string of the molecule is O=C(c1cccnc1)N1CCC2(CCN(C[C@H]3CCOC3)CC2)C1. The maximum atomic E-state index is 12.6. The molecule has 130 valence electrons. The molecule has 0 bridgehead atoms. The second kappa shape index (κ2) is 6.81. The van der Waals surface area contributed by atoms with Crippen LogP contribution in [0.3, 0.4) is 0 Å². The Bertz CT molecular complexity index is 563. The molecule has 5 heteroatoms. The molecule has 3 fully saturated rings. The third-order valence-corrected chi connectivity index (χ3v) is 6.09. The Morgan fingerprint density at radius 3 is 2.83 bits per heavy atom. The van der Waals surface area contributed by atoms with Gasteiger partial charge in [0.25, 0.3) is 5.91 Å². The fraction of sp³-hybridized carbons (Fsp3) is 0.684. The van der Waals surface area contributed by atoms with Crippen molar-refractivity contribution in [1.82, 2.24) is 14.8 Å². The van der Waals surface area contributed by atoms with Crippen molar-refractivity contribution in [3.05, 3.63) is 30.1 Å². The van der Waals surface area contributed by atoms with Crippen molar-refractivity contribution in [3.63, 3.8) is 0 Å². The van der Waals surface area contributed by atoms with E-state index in [9.17, 15) is 4.79 Å². The van der Waals surface area contributed by atoms with Gasteiger partial charge in [0.2, 0.25) is 0 Å². The van der Waals surface area contributed by atoms with E-state index < -0.39 is 0 Å². The van der Waals surface area contributed by atoms with Gasteiger partial charge < -0.3 is 14.5 Å². The number of pyridine rings is 1. The molecular formula is C19H27N3O2. The first-order chi connectivity index (χ1) is 11.7. The zero-order chi connectivity index (χ0) is 16.4. The maximum absolute atomic E-state index is 12.6. The van der Waals surface area contributed by atoms with Gasteiger partial charge in [0.15, 0.2) is 0 Å². The van der Waals surface area contributed by atoms with Crippen LogP contribution in [-0.4, -0.2) is 66.6 Å². The number of ether oxygens (including phenoxy) is 1. The van der Waals surface area contributed by atoms with E-state index in [0.29, 0.717) is 11.0 Å². The highest BCUT2D eigenvalue weighted by Crippen LogP contribution is 2.41. The lowest BCUT2D eigenvalue weighted by atomic mass is 9.77. The Balaban J connectivity index is 1.31. The molecule has 3 saturated heterocycles. The van der Waals surface area contributed by atoms with Crippen LogP contribution in [0, 0.1) is 11.3 Å². The minimum Gasteiger partial charge on any atom is -0.381 e. The summed E-state index contributed by atoms with van der Waals surface area (Å²) in [5, 5.41) is 0. The van der Waals surface area contributed by atoms with E-state index in [4.69, 9.17) is 4.74 Å². The van der Waals surface area contributed by atoms with Crippen molar-refractivity contribution in [3.8, 4) is 0 Å². The van der Waals surface area contributed by atoms with Gasteiger partial charge in [0.1, 0.15) is 0 Å². The van der Waals surface area contributed by atoms with Gasteiger partial charge in [-0.3, -0.25) is 9.78 Å². The lowest BCUT2D eigenvalue weighted by Gasteiger charge is -2.40. The van der Waals surface area contributed by atoms with Gasteiger partial charge in [-0.05, 0) is 62.2 Å². The zero-order valence-corrected chi connectivity index (χ0v) is 14.3. The minimum atomic E-state index is 0.144. The van der Waals surface area contributed by atoms with Crippen LogP contribution in [-0.2, 0) is 4.74 Å². The second-order valence-corrected chi connectivity index (χ2v) is 7.75. The van der Waals surface area contributed by atoms with Gasteiger partial charge in [-0.25, -0.2) is 0 Å². The smallest absolute Gasteiger partial charge is 0.255 e. The fourth-order valence-corrected chi connectivity index (χ4v) is 4.49. The molecule has 3 aliphatic rings. The quantitative estimate of drug-likeness (QED) is 0.851. The first-order valence-corrected chi connectivity index (χ1v) is 9.24. The van der Waals surface area contributed by atoms with E-state index in [-0.39, 0.29) is 5.91 Å². The summed E-state index contributed by atoms with van der Waals surface area (Å²) in [5.74, 6) is 0.872. The fourth-order valence-electron chi connectivity index (χ4n) is 4.49. The summed E-state index contributed by atoms with van der Waals surface area (Å²) in [6.45, 7) is 7.22. The van der Waals surface area contributed by atoms with Crippen LogP contribution >= 0.6 is 0 Å². The van der Waals surface area contributed by atoms with Crippen molar-refractivity contribution in [1.29, 1.82) is 0 Å². The number of amides is 1. The molecule has 4 heterocycles. The number of carbonyl (C=O) groups excluding carboxylic acids is 1. The number of aromatic nitrogens is 1. The van der Waals surface area contributed by atoms with E-state index in [1.54, 1.807) is 12.4 Å². The van der Waals surface area contributed by atoms with Crippen LogP contribution in [0.15, 0.2) is 24.5 Å². The lowest BCUT2D eigenvalue weighted by Crippen LogP contribution is -2.43. The molecule has 3 aliphatic heterocycles. The van der Waals surface area contributed by atoms with Crippen molar-refractivity contribution >= 4 is 5.91 Å². The van der Waals surface area contributed by atoms with Crippen LogP contribution in [0.2, 0.25) is 0 Å². The Labute approximate surface area is 144 Å². The number of piperidine rings is 1. The number of hydrogen-bond acceptors (Lipinski definition) is 4. The lowest BCUT2D eigenvalue weighted by molar-refractivity contribution is 0.0696. The summed E-state index contributed by atoms with van der Waals surface area (Å²) >= 11 is 0. The van der Waals surface area contributed by atoms with E-state index in [1.165, 1.54) is 38.9 Å². The van der Waals surface area contributed by atoms with Crippen molar-refractivity contribution in [2.75, 3.05) is 45.9 Å². The molecule has 0 aliphatic carbocycles. The molecule has 0 radical (unpaired) electrons. The van der Waals surface area contributed by atoms with E-state index in [0.717, 1.165) is 38.6 Å². The second-order valence-electron chi connectivity index (χ2n) is 7.75. The average molecular weight is 329 g/mol. The van der Waals surface area contributed by atoms with Crippen LogP contribution in [0.1, 0.15) is 36.0 Å². The third kappa shape index (κ3) is 3.33. The summed E-state index contributed by atoms with van der Waals surface area (Å²) in [6, 6.07) is 3.71. The Kier molecular flexibility index (Phi) is 4.55. The Hall–Kier alpha value is -1.46. The highest BCUT2D eigenvalue weighted by molar-refractivity contribution is 5.94. The van der Waals surface area contributed by atoms with Crippen molar-refractivity contribution in [2.45, 2.75) is 25.7 Å². The molecule has 4 rings (SSSR count). The first-order valence-electron chi connectivity index (χ1n) is 9.24. The molecule has 1 atom stereocenters. The predicted molar refractivity (Wildman–Crippen MR) is 91.8 cm³/mol. The Morgan fingerprint density at radius 1 is 1.29 bits per heavy atom.